The SMILES string of the molecule is COc1cc(/C=C2/SC(=Nc3ccc(C)cc3)N(C(C)C)C2=O)ccc1OCC(=O)Nc1ccccc1. The number of hydrogen-bond donors (Lipinski definition) is 1. The minimum absolute atomic E-state index is 0.0394. The summed E-state index contributed by atoms with van der Waals surface area (Å²) < 4.78 is 11.2. The summed E-state index contributed by atoms with van der Waals surface area (Å²) in [5.41, 5.74) is 3.42. The van der Waals surface area contributed by atoms with Gasteiger partial charge in [0.05, 0.1) is 17.7 Å². The van der Waals surface area contributed by atoms with E-state index in [4.69, 9.17) is 14.5 Å². The lowest BCUT2D eigenvalue weighted by Gasteiger charge is -2.19. The first-order valence-corrected chi connectivity index (χ1v) is 12.7. The molecule has 37 heavy (non-hydrogen) atoms. The Kier molecular flexibility index (Phi) is 8.30. The molecule has 1 fully saturated rings. The Bertz CT molecular complexity index is 1340. The fourth-order valence-corrected chi connectivity index (χ4v) is 4.78. The van der Waals surface area contributed by atoms with E-state index in [9.17, 15) is 9.59 Å². The molecule has 0 saturated carbocycles. The van der Waals surface area contributed by atoms with Crippen molar-refractivity contribution >= 4 is 46.2 Å². The highest BCUT2D eigenvalue weighted by Gasteiger charge is 2.35. The van der Waals surface area contributed by atoms with Crippen molar-refractivity contribution in [2.45, 2.75) is 26.8 Å². The van der Waals surface area contributed by atoms with Crippen LogP contribution in [-0.2, 0) is 9.59 Å². The molecule has 0 aliphatic carbocycles. The third-order valence-electron chi connectivity index (χ3n) is 5.51. The number of thioether (sulfide) groups is 1. The Hall–Kier alpha value is -4.04. The monoisotopic (exact) mass is 515 g/mol. The third kappa shape index (κ3) is 6.59. The van der Waals surface area contributed by atoms with Crippen molar-refractivity contribution < 1.29 is 19.1 Å². The van der Waals surface area contributed by atoms with Gasteiger partial charge < -0.3 is 14.8 Å². The first kappa shape index (κ1) is 26.0. The van der Waals surface area contributed by atoms with Crippen molar-refractivity contribution in [3.63, 3.8) is 0 Å². The summed E-state index contributed by atoms with van der Waals surface area (Å²) in [5, 5.41) is 3.43. The molecule has 0 bridgehead atoms. The molecule has 7 nitrogen and oxygen atoms in total. The zero-order valence-corrected chi connectivity index (χ0v) is 22.0. The number of para-hydroxylation sites is 1. The number of nitrogens with one attached hydrogen (secondary N) is 1. The molecule has 3 aromatic carbocycles. The van der Waals surface area contributed by atoms with Crippen LogP contribution < -0.4 is 14.8 Å². The molecule has 8 heteroatoms. The summed E-state index contributed by atoms with van der Waals surface area (Å²) in [6.45, 7) is 5.79. The second-order valence-electron chi connectivity index (χ2n) is 8.72. The Morgan fingerprint density at radius 1 is 1.05 bits per heavy atom. The van der Waals surface area contributed by atoms with Gasteiger partial charge in [-0.2, -0.15) is 0 Å². The van der Waals surface area contributed by atoms with E-state index in [1.54, 1.807) is 29.2 Å². The highest BCUT2D eigenvalue weighted by molar-refractivity contribution is 8.18. The smallest absolute Gasteiger partial charge is 0.266 e. The predicted molar refractivity (Wildman–Crippen MR) is 149 cm³/mol. The van der Waals surface area contributed by atoms with Gasteiger partial charge in [0.25, 0.3) is 11.8 Å². The number of aliphatic imine (C=N–C) groups is 1. The van der Waals surface area contributed by atoms with Crippen LogP contribution >= 0.6 is 11.8 Å². The number of benzene rings is 3. The fraction of sp³-hybridized carbons (Fsp3) is 0.207. The number of hydrogen-bond acceptors (Lipinski definition) is 6. The number of carbonyl (C=O) groups excluding carboxylic acids is 2. The molecule has 0 unspecified atom stereocenters. The van der Waals surface area contributed by atoms with Gasteiger partial charge >= 0.3 is 0 Å². The molecule has 190 valence electrons. The molecule has 0 atom stereocenters. The van der Waals surface area contributed by atoms with Crippen molar-refractivity contribution in [2.75, 3.05) is 19.0 Å². The quantitative estimate of drug-likeness (QED) is 0.370. The number of anilines is 1. The number of amides is 2. The Morgan fingerprint density at radius 3 is 2.46 bits per heavy atom. The Labute approximate surface area is 221 Å². The van der Waals surface area contributed by atoms with E-state index >= 15 is 0 Å². The van der Waals surface area contributed by atoms with Crippen molar-refractivity contribution in [3.8, 4) is 11.5 Å². The number of nitrogens with zero attached hydrogens (tertiary/aromatic N) is 2. The van der Waals surface area contributed by atoms with E-state index in [0.717, 1.165) is 16.8 Å². The normalized spacial score (nSPS) is 15.5. The minimum atomic E-state index is -0.276. The molecule has 4 rings (SSSR count). The molecule has 1 aliphatic rings. The average Bonchev–Trinajstić information content (AvgIpc) is 3.19. The van der Waals surface area contributed by atoms with E-state index in [1.165, 1.54) is 18.9 Å². The van der Waals surface area contributed by atoms with Gasteiger partial charge in [0.15, 0.2) is 23.3 Å². The standard InChI is InChI=1S/C29H29N3O4S/c1-19(2)32-28(34)26(37-29(32)31-23-13-10-20(3)11-14-23)17-21-12-15-24(25(16-21)35-4)36-18-27(33)30-22-8-6-5-7-9-22/h5-17,19H,18H2,1-4H3,(H,30,33)/b26-17+,31-29?. The van der Waals surface area contributed by atoms with Gasteiger partial charge in [-0.05, 0) is 80.6 Å². The van der Waals surface area contributed by atoms with Crippen molar-refractivity contribution in [2.24, 2.45) is 4.99 Å². The average molecular weight is 516 g/mol. The van der Waals surface area contributed by atoms with Crippen LogP contribution in [0.1, 0.15) is 25.0 Å². The van der Waals surface area contributed by atoms with Gasteiger partial charge in [0, 0.05) is 11.7 Å². The van der Waals surface area contributed by atoms with E-state index in [-0.39, 0.29) is 24.5 Å². The predicted octanol–water partition coefficient (Wildman–Crippen LogP) is 6.03. The summed E-state index contributed by atoms with van der Waals surface area (Å²) in [6.07, 6.45) is 1.81. The first-order chi connectivity index (χ1) is 17.8. The number of carbonyl (C=O) groups is 2. The van der Waals surface area contributed by atoms with Crippen molar-refractivity contribution in [1.29, 1.82) is 0 Å². The fourth-order valence-electron chi connectivity index (χ4n) is 3.66. The number of aryl methyl sites for hydroxylation is 1. The summed E-state index contributed by atoms with van der Waals surface area (Å²) in [7, 11) is 1.53. The lowest BCUT2D eigenvalue weighted by atomic mass is 10.1. The lowest BCUT2D eigenvalue weighted by Crippen LogP contribution is -2.35. The lowest BCUT2D eigenvalue weighted by molar-refractivity contribution is -0.123. The molecular formula is C29H29N3O4S. The minimum Gasteiger partial charge on any atom is -0.493 e. The molecule has 2 amide bonds. The van der Waals surface area contributed by atoms with Gasteiger partial charge in [-0.25, -0.2) is 4.99 Å². The van der Waals surface area contributed by atoms with Crippen LogP contribution in [-0.4, -0.2) is 41.6 Å². The zero-order chi connectivity index (χ0) is 26.4. The summed E-state index contributed by atoms with van der Waals surface area (Å²) >= 11 is 1.34. The van der Waals surface area contributed by atoms with Gasteiger partial charge in [0.2, 0.25) is 0 Å². The topological polar surface area (TPSA) is 80.2 Å². The van der Waals surface area contributed by atoms with Crippen molar-refractivity contribution in [3.05, 3.63) is 88.8 Å². The molecule has 1 aliphatic heterocycles. The van der Waals surface area contributed by atoms with Crippen LogP contribution in [0.2, 0.25) is 0 Å². The van der Waals surface area contributed by atoms with Gasteiger partial charge in [-0.1, -0.05) is 42.0 Å². The van der Waals surface area contributed by atoms with Crippen LogP contribution in [0.4, 0.5) is 11.4 Å². The third-order valence-corrected chi connectivity index (χ3v) is 6.50. The van der Waals surface area contributed by atoms with Crippen LogP contribution in [0.3, 0.4) is 0 Å². The van der Waals surface area contributed by atoms with E-state index in [1.807, 2.05) is 75.4 Å². The Balaban J connectivity index is 1.50. The van der Waals surface area contributed by atoms with Gasteiger partial charge in [-0.3, -0.25) is 14.5 Å². The molecule has 0 radical (unpaired) electrons. The molecule has 1 N–H and O–H groups in total. The van der Waals surface area contributed by atoms with E-state index < -0.39 is 0 Å². The van der Waals surface area contributed by atoms with E-state index in [0.29, 0.717) is 27.3 Å². The van der Waals surface area contributed by atoms with Crippen LogP contribution in [0.5, 0.6) is 11.5 Å². The van der Waals surface area contributed by atoms with Crippen LogP contribution in [0.15, 0.2) is 82.7 Å². The highest BCUT2D eigenvalue weighted by atomic mass is 32.2. The second-order valence-corrected chi connectivity index (χ2v) is 9.73. The van der Waals surface area contributed by atoms with Gasteiger partial charge in [0.1, 0.15) is 0 Å². The van der Waals surface area contributed by atoms with Gasteiger partial charge in [-0.15, -0.1) is 0 Å². The van der Waals surface area contributed by atoms with Crippen molar-refractivity contribution in [1.82, 2.24) is 4.90 Å². The van der Waals surface area contributed by atoms with E-state index in [2.05, 4.69) is 5.32 Å². The molecule has 3 aromatic rings. The Morgan fingerprint density at radius 2 is 1.78 bits per heavy atom. The number of ether oxygens (including phenoxy) is 2. The largest absolute Gasteiger partial charge is 0.493 e. The molecule has 0 aromatic heterocycles. The second kappa shape index (κ2) is 11.8. The zero-order valence-electron chi connectivity index (χ0n) is 21.2. The molecule has 0 spiro atoms. The molecular weight excluding hydrogens is 486 g/mol. The molecule has 1 heterocycles. The summed E-state index contributed by atoms with van der Waals surface area (Å²) in [4.78, 5) is 32.4. The maximum atomic E-state index is 13.2. The van der Waals surface area contributed by atoms with Crippen LogP contribution in [0, 0.1) is 6.92 Å². The maximum absolute atomic E-state index is 13.2. The highest BCUT2D eigenvalue weighted by Crippen LogP contribution is 2.37. The maximum Gasteiger partial charge on any atom is 0.266 e. The molecule has 1 saturated heterocycles. The number of methoxy groups -OCH3 is 1. The number of amidine groups is 1. The first-order valence-electron chi connectivity index (χ1n) is 11.9. The summed E-state index contributed by atoms with van der Waals surface area (Å²) in [5.74, 6) is 0.527. The van der Waals surface area contributed by atoms with Crippen LogP contribution in [0.25, 0.3) is 6.08 Å². The summed E-state index contributed by atoms with van der Waals surface area (Å²) in [6, 6.07) is 22.4. The number of rotatable bonds is 8.